The van der Waals surface area contributed by atoms with Gasteiger partial charge < -0.3 is 9.84 Å². The summed E-state index contributed by atoms with van der Waals surface area (Å²) in [7, 11) is 0. The Balaban J connectivity index is 3.55. The van der Waals surface area contributed by atoms with Crippen molar-refractivity contribution in [3.63, 3.8) is 0 Å². The summed E-state index contributed by atoms with van der Waals surface area (Å²) < 4.78 is 4.51. The Morgan fingerprint density at radius 1 is 1.06 bits per heavy atom. The highest BCUT2D eigenvalue weighted by molar-refractivity contribution is 6.50. The second kappa shape index (κ2) is 5.53. The van der Waals surface area contributed by atoms with Crippen molar-refractivity contribution in [3.05, 3.63) is 25.7 Å². The minimum Gasteiger partial charge on any atom is -0.449 e. The van der Waals surface area contributed by atoms with Crippen LogP contribution < -0.4 is 4.74 Å². The van der Waals surface area contributed by atoms with Gasteiger partial charge in [-0.1, -0.05) is 60.3 Å². The van der Waals surface area contributed by atoms with Gasteiger partial charge in [-0.05, 0) is 11.5 Å². The molecule has 0 amide bonds. The lowest BCUT2D eigenvalue weighted by Gasteiger charge is -2.16. The van der Waals surface area contributed by atoms with Crippen molar-refractivity contribution in [1.82, 2.24) is 0 Å². The molecule has 0 atom stereocenters. The molecule has 94 valence electrons. The van der Waals surface area contributed by atoms with E-state index in [-0.39, 0.29) is 31.8 Å². The van der Waals surface area contributed by atoms with E-state index in [1.807, 2.05) is 13.8 Å². The van der Waals surface area contributed by atoms with E-state index in [2.05, 4.69) is 4.74 Å². The van der Waals surface area contributed by atoms with E-state index in [1.54, 1.807) is 0 Å². The van der Waals surface area contributed by atoms with Gasteiger partial charge in [0, 0.05) is 0 Å². The summed E-state index contributed by atoms with van der Waals surface area (Å²) in [6.45, 7) is 3.67. The number of halogens is 4. The number of carboxylic acid groups (broad SMARTS) is 1. The molecule has 0 aliphatic carbocycles. The highest BCUT2D eigenvalue weighted by atomic mass is 35.5. The van der Waals surface area contributed by atoms with Crippen molar-refractivity contribution < 1.29 is 14.6 Å². The fourth-order valence-corrected chi connectivity index (χ4v) is 2.73. The van der Waals surface area contributed by atoms with Gasteiger partial charge in [0.25, 0.3) is 0 Å². The molecule has 0 saturated carbocycles. The van der Waals surface area contributed by atoms with Crippen molar-refractivity contribution in [1.29, 1.82) is 0 Å². The first-order valence-electron chi connectivity index (χ1n) is 4.54. The van der Waals surface area contributed by atoms with Gasteiger partial charge in [-0.2, -0.15) is 0 Å². The minimum absolute atomic E-state index is 0.0256. The Labute approximate surface area is 118 Å². The molecule has 7 heteroatoms. The first-order valence-corrected chi connectivity index (χ1v) is 6.05. The second-order valence-electron chi connectivity index (χ2n) is 3.52. The highest BCUT2D eigenvalue weighted by Crippen LogP contribution is 2.48. The topological polar surface area (TPSA) is 46.5 Å². The minimum atomic E-state index is -1.53. The zero-order valence-corrected chi connectivity index (χ0v) is 11.9. The number of ether oxygens (including phenoxy) is 1. The first kappa shape index (κ1) is 14.7. The number of hydrogen-bond acceptors (Lipinski definition) is 2. The van der Waals surface area contributed by atoms with Crippen LogP contribution in [0.15, 0.2) is 0 Å². The number of carbonyl (C=O) groups is 1. The van der Waals surface area contributed by atoms with Crippen LogP contribution in [0.1, 0.15) is 25.3 Å². The molecular formula is C10H8Cl4O3. The van der Waals surface area contributed by atoms with Gasteiger partial charge in [0.15, 0.2) is 5.75 Å². The quantitative estimate of drug-likeness (QED) is 0.340. The average Bonchev–Trinajstić information content (AvgIpc) is 2.21. The maximum atomic E-state index is 10.5. The maximum absolute atomic E-state index is 10.5. The zero-order valence-electron chi connectivity index (χ0n) is 8.85. The Morgan fingerprint density at radius 3 is 2.00 bits per heavy atom. The van der Waals surface area contributed by atoms with Gasteiger partial charge in [-0.3, -0.25) is 0 Å². The van der Waals surface area contributed by atoms with E-state index in [0.717, 1.165) is 0 Å². The maximum Gasteiger partial charge on any atom is 0.511 e. The molecule has 17 heavy (non-hydrogen) atoms. The molecule has 0 aliphatic heterocycles. The largest absolute Gasteiger partial charge is 0.511 e. The van der Waals surface area contributed by atoms with Crippen LogP contribution in [0, 0.1) is 0 Å². The van der Waals surface area contributed by atoms with Crippen molar-refractivity contribution in [2.75, 3.05) is 0 Å². The summed E-state index contributed by atoms with van der Waals surface area (Å²) in [6, 6.07) is 0. The lowest BCUT2D eigenvalue weighted by molar-refractivity contribution is 0.144. The Kier molecular flexibility index (Phi) is 4.78. The SMILES string of the molecule is CC(C)c1c(Cl)c(Cl)c(Cl)c(OC(=O)O)c1Cl. The summed E-state index contributed by atoms with van der Waals surface area (Å²) in [5.74, 6) is -0.250. The molecule has 1 aromatic rings. The normalized spacial score (nSPS) is 10.8. The summed E-state index contributed by atoms with van der Waals surface area (Å²) in [5.41, 5.74) is 0.499. The Morgan fingerprint density at radius 2 is 1.59 bits per heavy atom. The first-order chi connectivity index (χ1) is 7.77. The fraction of sp³-hybridized carbons (Fsp3) is 0.300. The molecule has 0 radical (unpaired) electrons. The lowest BCUT2D eigenvalue weighted by Crippen LogP contribution is -2.06. The van der Waals surface area contributed by atoms with E-state index in [4.69, 9.17) is 51.5 Å². The molecule has 1 rings (SSSR count). The second-order valence-corrected chi connectivity index (χ2v) is 5.03. The highest BCUT2D eigenvalue weighted by Gasteiger charge is 2.24. The Bertz CT molecular complexity index is 471. The standard InChI is InChI=1S/C10H8Cl4O3/c1-3(2)4-5(11)7(13)8(14)9(6(4)12)17-10(15)16/h3H,1-2H3,(H,15,16). The van der Waals surface area contributed by atoms with Crippen molar-refractivity contribution >= 4 is 52.6 Å². The van der Waals surface area contributed by atoms with Crippen LogP contribution in [0.2, 0.25) is 20.1 Å². The van der Waals surface area contributed by atoms with Gasteiger partial charge in [-0.25, -0.2) is 4.79 Å². The van der Waals surface area contributed by atoms with Crippen molar-refractivity contribution in [2.45, 2.75) is 19.8 Å². The van der Waals surface area contributed by atoms with Crippen molar-refractivity contribution in [2.24, 2.45) is 0 Å². The molecule has 3 nitrogen and oxygen atoms in total. The number of benzene rings is 1. The van der Waals surface area contributed by atoms with Crippen LogP contribution >= 0.6 is 46.4 Å². The van der Waals surface area contributed by atoms with Crippen LogP contribution in [0.4, 0.5) is 4.79 Å². The van der Waals surface area contributed by atoms with E-state index < -0.39 is 6.16 Å². The van der Waals surface area contributed by atoms with E-state index in [0.29, 0.717) is 5.56 Å². The van der Waals surface area contributed by atoms with Gasteiger partial charge in [-0.15, -0.1) is 0 Å². The molecule has 0 bridgehead atoms. The monoisotopic (exact) mass is 316 g/mol. The molecule has 0 heterocycles. The summed E-state index contributed by atoms with van der Waals surface area (Å²) in [6.07, 6.45) is -1.53. The number of rotatable bonds is 2. The Hall–Kier alpha value is -0.350. The fourth-order valence-electron chi connectivity index (χ4n) is 1.31. The lowest BCUT2D eigenvalue weighted by atomic mass is 10.0. The molecule has 0 saturated heterocycles. The summed E-state index contributed by atoms with van der Waals surface area (Å²) in [4.78, 5) is 10.5. The zero-order chi connectivity index (χ0) is 13.3. The van der Waals surface area contributed by atoms with E-state index >= 15 is 0 Å². The van der Waals surface area contributed by atoms with Crippen LogP contribution in [-0.2, 0) is 0 Å². The van der Waals surface area contributed by atoms with Gasteiger partial charge in [0.05, 0.1) is 15.1 Å². The van der Waals surface area contributed by atoms with Crippen LogP contribution in [0.3, 0.4) is 0 Å². The van der Waals surface area contributed by atoms with Gasteiger partial charge >= 0.3 is 6.16 Å². The predicted octanol–water partition coefficient (Wildman–Crippen LogP) is 5.48. The third-order valence-electron chi connectivity index (χ3n) is 2.02. The van der Waals surface area contributed by atoms with Crippen LogP contribution in [-0.4, -0.2) is 11.3 Å². The van der Waals surface area contributed by atoms with Crippen LogP contribution in [0.5, 0.6) is 5.75 Å². The molecule has 0 aromatic heterocycles. The van der Waals surface area contributed by atoms with Crippen molar-refractivity contribution in [3.8, 4) is 5.75 Å². The molecule has 0 fully saturated rings. The molecule has 1 aromatic carbocycles. The van der Waals surface area contributed by atoms with Gasteiger partial charge in [0.1, 0.15) is 5.02 Å². The summed E-state index contributed by atoms with van der Waals surface area (Å²) in [5, 5.41) is 8.76. The molecule has 0 aliphatic rings. The third kappa shape index (κ3) is 2.91. The molecular weight excluding hydrogens is 310 g/mol. The average molecular weight is 318 g/mol. The van der Waals surface area contributed by atoms with E-state index in [1.165, 1.54) is 0 Å². The predicted molar refractivity (Wildman–Crippen MR) is 69.2 cm³/mol. The summed E-state index contributed by atoms with van der Waals surface area (Å²) >= 11 is 23.7. The number of hydrogen-bond donors (Lipinski definition) is 1. The van der Waals surface area contributed by atoms with Gasteiger partial charge in [0.2, 0.25) is 0 Å². The third-order valence-corrected chi connectivity index (χ3v) is 3.72. The molecule has 0 unspecified atom stereocenters. The smallest absolute Gasteiger partial charge is 0.449 e. The van der Waals surface area contributed by atoms with Crippen LogP contribution in [0.25, 0.3) is 0 Å². The van der Waals surface area contributed by atoms with E-state index in [9.17, 15) is 4.79 Å². The molecule has 1 N–H and O–H groups in total. The molecule has 0 spiro atoms.